The lowest BCUT2D eigenvalue weighted by Gasteiger charge is -2.13. The van der Waals surface area contributed by atoms with E-state index in [1.165, 1.54) is 11.8 Å². The number of ether oxygens (including phenoxy) is 1. The number of benzene rings is 2. The Balaban J connectivity index is 1.73. The summed E-state index contributed by atoms with van der Waals surface area (Å²) in [6, 6.07) is 13.6. The molecule has 6 nitrogen and oxygen atoms in total. The number of halogens is 1. The fourth-order valence-corrected chi connectivity index (χ4v) is 4.49. The van der Waals surface area contributed by atoms with Crippen LogP contribution in [0.5, 0.6) is 0 Å². The molecule has 0 aliphatic carbocycles. The molecular weight excluding hydrogens is 440 g/mol. The predicted octanol–water partition coefficient (Wildman–Crippen LogP) is 3.98. The Morgan fingerprint density at radius 1 is 1.14 bits per heavy atom. The number of imidazole rings is 1. The molecule has 2 heterocycles. The van der Waals surface area contributed by atoms with Gasteiger partial charge in [0, 0.05) is 18.6 Å². The molecule has 2 aromatic carbocycles. The van der Waals surface area contributed by atoms with Crippen LogP contribution in [0.4, 0.5) is 0 Å². The van der Waals surface area contributed by atoms with Gasteiger partial charge in [-0.3, -0.25) is 9.36 Å². The first-order chi connectivity index (χ1) is 13.6. The third-order valence-corrected chi connectivity index (χ3v) is 6.08. The van der Waals surface area contributed by atoms with Gasteiger partial charge < -0.3 is 9.30 Å². The van der Waals surface area contributed by atoms with Gasteiger partial charge in [0.15, 0.2) is 5.16 Å². The van der Waals surface area contributed by atoms with E-state index in [-0.39, 0.29) is 5.56 Å². The minimum atomic E-state index is -0.0594. The number of methoxy groups -OCH3 is 1. The maximum absolute atomic E-state index is 13.0. The third kappa shape index (κ3) is 3.59. The van der Waals surface area contributed by atoms with Crippen LogP contribution in [0.25, 0.3) is 21.9 Å². The largest absolute Gasteiger partial charge is 0.383 e. The molecule has 0 bridgehead atoms. The van der Waals surface area contributed by atoms with Crippen LogP contribution in [0.2, 0.25) is 0 Å². The van der Waals surface area contributed by atoms with Gasteiger partial charge in [-0.25, -0.2) is 9.97 Å². The molecule has 0 atom stereocenters. The quantitative estimate of drug-likeness (QED) is 0.323. The molecule has 0 spiro atoms. The summed E-state index contributed by atoms with van der Waals surface area (Å²) in [6.07, 6.45) is 0. The Morgan fingerprint density at radius 3 is 2.75 bits per heavy atom. The lowest BCUT2D eigenvalue weighted by Crippen LogP contribution is -2.25. The number of aryl methyl sites for hydroxylation is 1. The first-order valence-corrected chi connectivity index (χ1v) is 10.6. The van der Waals surface area contributed by atoms with Crippen molar-refractivity contribution in [2.75, 3.05) is 13.7 Å². The van der Waals surface area contributed by atoms with E-state index in [4.69, 9.17) is 14.7 Å². The van der Waals surface area contributed by atoms with Gasteiger partial charge >= 0.3 is 0 Å². The second-order valence-electron chi connectivity index (χ2n) is 6.37. The molecule has 8 heteroatoms. The van der Waals surface area contributed by atoms with Crippen molar-refractivity contribution >= 4 is 49.6 Å². The highest BCUT2D eigenvalue weighted by Crippen LogP contribution is 2.25. The summed E-state index contributed by atoms with van der Waals surface area (Å²) in [5.41, 5.74) is 2.69. The summed E-state index contributed by atoms with van der Waals surface area (Å²) < 4.78 is 9.82. The van der Waals surface area contributed by atoms with Gasteiger partial charge in [0.2, 0.25) is 0 Å². The standard InChI is InChI=1S/C20H19BrN4O2S/c1-24-17-6-4-3-5-16(17)22-18(24)12-28-20-23-15-8-7-13(21)11-14(15)19(26)25(20)9-10-27-2/h3-8,11H,9-10,12H2,1-2H3. The fraction of sp³-hybridized carbons (Fsp3) is 0.250. The summed E-state index contributed by atoms with van der Waals surface area (Å²) >= 11 is 4.95. The summed E-state index contributed by atoms with van der Waals surface area (Å²) in [7, 11) is 3.64. The second kappa shape index (κ2) is 8.06. The Bertz CT molecular complexity index is 1220. The molecule has 0 radical (unpaired) electrons. The molecule has 0 aliphatic rings. The summed E-state index contributed by atoms with van der Waals surface area (Å²) in [4.78, 5) is 22.5. The van der Waals surface area contributed by atoms with E-state index >= 15 is 0 Å². The van der Waals surface area contributed by atoms with Crippen molar-refractivity contribution in [1.82, 2.24) is 19.1 Å². The lowest BCUT2D eigenvalue weighted by molar-refractivity contribution is 0.183. The summed E-state index contributed by atoms with van der Waals surface area (Å²) in [5.74, 6) is 1.56. The predicted molar refractivity (Wildman–Crippen MR) is 116 cm³/mol. The third-order valence-electron chi connectivity index (χ3n) is 4.61. The molecule has 144 valence electrons. The topological polar surface area (TPSA) is 61.9 Å². The van der Waals surface area contributed by atoms with Crippen LogP contribution >= 0.6 is 27.7 Å². The zero-order valence-electron chi connectivity index (χ0n) is 15.6. The molecule has 0 saturated heterocycles. The first kappa shape index (κ1) is 19.2. The summed E-state index contributed by atoms with van der Waals surface area (Å²) in [5, 5.41) is 1.27. The van der Waals surface area contributed by atoms with E-state index in [1.54, 1.807) is 11.7 Å². The van der Waals surface area contributed by atoms with Crippen molar-refractivity contribution in [3.05, 3.63) is 63.1 Å². The van der Waals surface area contributed by atoms with Crippen molar-refractivity contribution < 1.29 is 4.74 Å². The molecule has 0 unspecified atom stereocenters. The highest BCUT2D eigenvalue weighted by atomic mass is 79.9. The van der Waals surface area contributed by atoms with Crippen LogP contribution in [0.15, 0.2) is 56.9 Å². The van der Waals surface area contributed by atoms with Crippen molar-refractivity contribution in [3.8, 4) is 0 Å². The van der Waals surface area contributed by atoms with Crippen LogP contribution in [-0.4, -0.2) is 32.8 Å². The number of hydrogen-bond donors (Lipinski definition) is 0. The first-order valence-electron chi connectivity index (χ1n) is 8.80. The number of thioether (sulfide) groups is 1. The van der Waals surface area contributed by atoms with Gasteiger partial charge in [-0.05, 0) is 30.3 Å². The van der Waals surface area contributed by atoms with Crippen LogP contribution in [0.3, 0.4) is 0 Å². The van der Waals surface area contributed by atoms with E-state index in [0.29, 0.717) is 35.0 Å². The van der Waals surface area contributed by atoms with Gasteiger partial charge in [-0.1, -0.05) is 39.8 Å². The average molecular weight is 459 g/mol. The second-order valence-corrected chi connectivity index (χ2v) is 8.23. The van der Waals surface area contributed by atoms with Crippen LogP contribution < -0.4 is 5.56 Å². The van der Waals surface area contributed by atoms with Gasteiger partial charge in [-0.15, -0.1) is 0 Å². The van der Waals surface area contributed by atoms with Crippen molar-refractivity contribution in [3.63, 3.8) is 0 Å². The maximum Gasteiger partial charge on any atom is 0.262 e. The molecule has 0 aliphatic heterocycles. The molecule has 28 heavy (non-hydrogen) atoms. The molecule has 0 fully saturated rings. The molecule has 0 N–H and O–H groups in total. The van der Waals surface area contributed by atoms with Crippen molar-refractivity contribution in [1.29, 1.82) is 0 Å². The van der Waals surface area contributed by atoms with Crippen LogP contribution in [0, 0.1) is 0 Å². The highest BCUT2D eigenvalue weighted by molar-refractivity contribution is 9.10. The Kier molecular flexibility index (Phi) is 5.52. The number of rotatable bonds is 6. The Morgan fingerprint density at radius 2 is 1.96 bits per heavy atom. The molecule has 0 amide bonds. The Labute approximate surface area is 174 Å². The number of aromatic nitrogens is 4. The smallest absolute Gasteiger partial charge is 0.262 e. The number of hydrogen-bond acceptors (Lipinski definition) is 5. The summed E-state index contributed by atoms with van der Waals surface area (Å²) in [6.45, 7) is 0.899. The van der Waals surface area contributed by atoms with E-state index in [2.05, 4.69) is 26.6 Å². The number of fused-ring (bicyclic) bond motifs is 2. The average Bonchev–Trinajstić information content (AvgIpc) is 3.02. The van der Waals surface area contributed by atoms with Gasteiger partial charge in [0.1, 0.15) is 5.82 Å². The minimum absolute atomic E-state index is 0.0594. The SMILES string of the molecule is COCCn1c(SCc2nc3ccccc3n2C)nc2ccc(Br)cc2c1=O. The monoisotopic (exact) mass is 458 g/mol. The van der Waals surface area contributed by atoms with E-state index in [0.717, 1.165) is 21.3 Å². The van der Waals surface area contributed by atoms with Crippen LogP contribution in [-0.2, 0) is 24.1 Å². The maximum atomic E-state index is 13.0. The molecular formula is C20H19BrN4O2S. The van der Waals surface area contributed by atoms with E-state index in [9.17, 15) is 4.79 Å². The fourth-order valence-electron chi connectivity index (χ4n) is 3.12. The van der Waals surface area contributed by atoms with Crippen LogP contribution in [0.1, 0.15) is 5.82 Å². The van der Waals surface area contributed by atoms with Crippen molar-refractivity contribution in [2.24, 2.45) is 7.05 Å². The lowest BCUT2D eigenvalue weighted by atomic mass is 10.2. The van der Waals surface area contributed by atoms with Gasteiger partial charge in [-0.2, -0.15) is 0 Å². The zero-order chi connectivity index (χ0) is 19.7. The Hall–Kier alpha value is -2.16. The van der Waals surface area contributed by atoms with E-state index < -0.39 is 0 Å². The van der Waals surface area contributed by atoms with Gasteiger partial charge in [0.25, 0.3) is 5.56 Å². The van der Waals surface area contributed by atoms with Gasteiger partial charge in [0.05, 0.1) is 40.8 Å². The normalized spacial score (nSPS) is 11.5. The van der Waals surface area contributed by atoms with E-state index in [1.807, 2.05) is 43.4 Å². The number of para-hydroxylation sites is 2. The molecule has 4 rings (SSSR count). The molecule has 4 aromatic rings. The zero-order valence-corrected chi connectivity index (χ0v) is 18.0. The number of nitrogens with zero attached hydrogens (tertiary/aromatic N) is 4. The highest BCUT2D eigenvalue weighted by Gasteiger charge is 2.14. The molecule has 2 aromatic heterocycles. The minimum Gasteiger partial charge on any atom is -0.383 e. The molecule has 0 saturated carbocycles. The van der Waals surface area contributed by atoms with Crippen molar-refractivity contribution in [2.45, 2.75) is 17.5 Å².